The Labute approximate surface area is 112 Å². The van der Waals surface area contributed by atoms with Crippen molar-refractivity contribution in [1.82, 2.24) is 5.32 Å². The van der Waals surface area contributed by atoms with Crippen LogP contribution in [0, 0.1) is 6.92 Å². The second kappa shape index (κ2) is 5.40. The van der Waals surface area contributed by atoms with Crippen LogP contribution in [0.15, 0.2) is 16.6 Å². The number of likely N-dealkylation sites (N-methyl/N-ethyl adjacent to an activating group) is 1. The molecule has 2 nitrogen and oxygen atoms in total. The first kappa shape index (κ1) is 12.9. The summed E-state index contributed by atoms with van der Waals surface area (Å²) in [5.41, 5.74) is 2.58. The Morgan fingerprint density at radius 3 is 2.76 bits per heavy atom. The molecule has 2 atom stereocenters. The lowest BCUT2D eigenvalue weighted by Gasteiger charge is -2.19. The largest absolute Gasteiger partial charge is 0.487 e. The van der Waals surface area contributed by atoms with E-state index in [1.807, 2.05) is 0 Å². The highest BCUT2D eigenvalue weighted by atomic mass is 79.9. The third-order valence-corrected chi connectivity index (χ3v) is 3.78. The highest BCUT2D eigenvalue weighted by Crippen LogP contribution is 2.43. The monoisotopic (exact) mass is 297 g/mol. The maximum Gasteiger partial charge on any atom is 0.138 e. The molecule has 0 spiro atoms. The molecule has 0 fully saturated rings. The van der Waals surface area contributed by atoms with E-state index in [-0.39, 0.29) is 6.10 Å². The minimum atomic E-state index is 0.271. The molecule has 1 aromatic carbocycles. The fourth-order valence-electron chi connectivity index (χ4n) is 2.50. The van der Waals surface area contributed by atoms with E-state index in [9.17, 15) is 0 Å². The van der Waals surface area contributed by atoms with E-state index in [0.717, 1.165) is 29.6 Å². The van der Waals surface area contributed by atoms with Gasteiger partial charge in [-0.25, -0.2) is 0 Å². The van der Waals surface area contributed by atoms with E-state index in [1.165, 1.54) is 11.1 Å². The predicted octanol–water partition coefficient (Wildman–Crippen LogP) is 3.97. The molecule has 0 radical (unpaired) electrons. The number of nitrogens with one attached hydrogen (secondary N) is 1. The molecule has 0 bridgehead atoms. The Morgan fingerprint density at radius 1 is 1.35 bits per heavy atom. The average Bonchev–Trinajstić information content (AvgIpc) is 2.59. The van der Waals surface area contributed by atoms with Crippen molar-refractivity contribution in [3.8, 4) is 5.75 Å². The van der Waals surface area contributed by atoms with Gasteiger partial charge in [-0.3, -0.25) is 0 Å². The van der Waals surface area contributed by atoms with Gasteiger partial charge in [0.1, 0.15) is 11.9 Å². The minimum Gasteiger partial charge on any atom is -0.487 e. The van der Waals surface area contributed by atoms with Crippen LogP contribution in [0.1, 0.15) is 43.9 Å². The van der Waals surface area contributed by atoms with Gasteiger partial charge in [-0.1, -0.05) is 26.3 Å². The van der Waals surface area contributed by atoms with Gasteiger partial charge in [-0.15, -0.1) is 0 Å². The summed E-state index contributed by atoms with van der Waals surface area (Å²) in [6.45, 7) is 7.45. The number of halogens is 1. The molecule has 94 valence electrons. The molecule has 1 heterocycles. The lowest BCUT2D eigenvalue weighted by atomic mass is 9.99. The summed E-state index contributed by atoms with van der Waals surface area (Å²) < 4.78 is 7.17. The average molecular weight is 298 g/mol. The first-order valence-electron chi connectivity index (χ1n) is 6.37. The smallest absolute Gasteiger partial charge is 0.138 e. The summed E-state index contributed by atoms with van der Waals surface area (Å²) in [5, 5.41) is 3.54. The van der Waals surface area contributed by atoms with Crippen LogP contribution in [0.25, 0.3) is 0 Å². The van der Waals surface area contributed by atoms with Crippen LogP contribution in [-0.4, -0.2) is 12.6 Å². The molecule has 0 amide bonds. The molecule has 0 saturated heterocycles. The topological polar surface area (TPSA) is 21.3 Å². The fraction of sp³-hybridized carbons (Fsp3) is 0.571. The van der Waals surface area contributed by atoms with Crippen LogP contribution in [0.5, 0.6) is 5.75 Å². The van der Waals surface area contributed by atoms with Crippen molar-refractivity contribution in [3.63, 3.8) is 0 Å². The Balaban J connectivity index is 2.35. The predicted molar refractivity (Wildman–Crippen MR) is 74.6 cm³/mol. The molecule has 1 aliphatic heterocycles. The number of hydrogen-bond acceptors (Lipinski definition) is 2. The molecule has 1 aromatic rings. The molecule has 2 unspecified atom stereocenters. The number of ether oxygens (including phenoxy) is 1. The lowest BCUT2D eigenvalue weighted by Crippen LogP contribution is -2.30. The molecule has 0 aliphatic carbocycles. The van der Waals surface area contributed by atoms with Gasteiger partial charge in [0, 0.05) is 5.56 Å². The second-order valence-electron chi connectivity index (χ2n) is 4.65. The highest BCUT2D eigenvalue weighted by molar-refractivity contribution is 9.10. The maximum atomic E-state index is 6.09. The molecule has 3 heteroatoms. The molecule has 0 aromatic heterocycles. The van der Waals surface area contributed by atoms with Gasteiger partial charge in [0.05, 0.1) is 10.5 Å². The summed E-state index contributed by atoms with van der Waals surface area (Å²) in [4.78, 5) is 0. The number of fused-ring (bicyclic) bond motifs is 1. The van der Waals surface area contributed by atoms with E-state index < -0.39 is 0 Å². The molecule has 0 saturated carbocycles. The number of hydrogen-bond donors (Lipinski definition) is 1. The van der Waals surface area contributed by atoms with Crippen molar-refractivity contribution in [3.05, 3.63) is 27.7 Å². The quantitative estimate of drug-likeness (QED) is 0.908. The molecule has 2 rings (SSSR count). The minimum absolute atomic E-state index is 0.271. The van der Waals surface area contributed by atoms with Gasteiger partial charge in [-0.2, -0.15) is 0 Å². The van der Waals surface area contributed by atoms with Crippen LogP contribution < -0.4 is 10.1 Å². The van der Waals surface area contributed by atoms with Crippen molar-refractivity contribution in [1.29, 1.82) is 0 Å². The van der Waals surface area contributed by atoms with Gasteiger partial charge >= 0.3 is 0 Å². The van der Waals surface area contributed by atoms with Crippen LogP contribution in [-0.2, 0) is 0 Å². The first-order valence-corrected chi connectivity index (χ1v) is 7.16. The molecule has 1 N–H and O–H groups in total. The SMILES string of the molecule is CCCC1Oc2c(Br)cc(C)cc2C1NCC. The van der Waals surface area contributed by atoms with Crippen molar-refractivity contribution < 1.29 is 4.74 Å². The summed E-state index contributed by atoms with van der Waals surface area (Å²) in [7, 11) is 0. The normalized spacial score (nSPS) is 22.4. The molecular weight excluding hydrogens is 278 g/mol. The first-order chi connectivity index (χ1) is 8.17. The fourth-order valence-corrected chi connectivity index (χ4v) is 3.19. The van der Waals surface area contributed by atoms with Crippen molar-refractivity contribution in [2.75, 3.05) is 6.54 Å². The number of aryl methyl sites for hydroxylation is 1. The zero-order chi connectivity index (χ0) is 12.4. The van der Waals surface area contributed by atoms with E-state index in [0.29, 0.717) is 6.04 Å². The van der Waals surface area contributed by atoms with E-state index >= 15 is 0 Å². The van der Waals surface area contributed by atoms with Gasteiger partial charge in [-0.05, 0) is 47.4 Å². The van der Waals surface area contributed by atoms with E-state index in [4.69, 9.17) is 4.74 Å². The Kier molecular flexibility index (Phi) is 4.10. The van der Waals surface area contributed by atoms with Gasteiger partial charge in [0.25, 0.3) is 0 Å². The Morgan fingerprint density at radius 2 is 2.12 bits per heavy atom. The van der Waals surface area contributed by atoms with E-state index in [1.54, 1.807) is 0 Å². The maximum absolute atomic E-state index is 6.09. The van der Waals surface area contributed by atoms with E-state index in [2.05, 4.69) is 54.2 Å². The van der Waals surface area contributed by atoms with Crippen molar-refractivity contribution >= 4 is 15.9 Å². The van der Waals surface area contributed by atoms with Gasteiger partial charge in [0.2, 0.25) is 0 Å². The van der Waals surface area contributed by atoms with Crippen LogP contribution >= 0.6 is 15.9 Å². The zero-order valence-corrected chi connectivity index (χ0v) is 12.3. The zero-order valence-electron chi connectivity index (χ0n) is 10.7. The molecule has 17 heavy (non-hydrogen) atoms. The standard InChI is InChI=1S/C14H20BrNO/c1-4-6-12-13(16-5-2)10-7-9(3)8-11(15)14(10)17-12/h7-8,12-13,16H,4-6H2,1-3H3. The van der Waals surface area contributed by atoms with Crippen molar-refractivity contribution in [2.24, 2.45) is 0 Å². The Hall–Kier alpha value is -0.540. The van der Waals surface area contributed by atoms with Crippen LogP contribution in [0.4, 0.5) is 0 Å². The third kappa shape index (κ3) is 2.50. The highest BCUT2D eigenvalue weighted by Gasteiger charge is 2.34. The van der Waals surface area contributed by atoms with Crippen LogP contribution in [0.3, 0.4) is 0 Å². The summed E-state index contributed by atoms with van der Waals surface area (Å²) >= 11 is 3.60. The van der Waals surface area contributed by atoms with Gasteiger partial charge < -0.3 is 10.1 Å². The molecule has 1 aliphatic rings. The summed E-state index contributed by atoms with van der Waals surface area (Å²) in [6, 6.07) is 4.70. The number of rotatable bonds is 4. The van der Waals surface area contributed by atoms with Crippen LogP contribution in [0.2, 0.25) is 0 Å². The van der Waals surface area contributed by atoms with Crippen molar-refractivity contribution in [2.45, 2.75) is 45.8 Å². The number of benzene rings is 1. The van der Waals surface area contributed by atoms with Gasteiger partial charge in [0.15, 0.2) is 0 Å². The second-order valence-corrected chi connectivity index (χ2v) is 5.50. The molecular formula is C14H20BrNO. The summed E-state index contributed by atoms with van der Waals surface area (Å²) in [5.74, 6) is 1.03. The Bertz CT molecular complexity index is 405. The summed E-state index contributed by atoms with van der Waals surface area (Å²) in [6.07, 6.45) is 2.52. The third-order valence-electron chi connectivity index (χ3n) is 3.19. The lowest BCUT2D eigenvalue weighted by molar-refractivity contribution is 0.178.